The molecule has 8 heteroatoms. The second kappa shape index (κ2) is 8.14. The zero-order valence-corrected chi connectivity index (χ0v) is 15.5. The first kappa shape index (κ1) is 18.8. The van der Waals surface area contributed by atoms with Crippen LogP contribution in [0, 0.1) is 5.92 Å². The van der Waals surface area contributed by atoms with E-state index < -0.39 is 5.97 Å². The van der Waals surface area contributed by atoms with Gasteiger partial charge in [-0.25, -0.2) is 4.79 Å². The predicted octanol–water partition coefficient (Wildman–Crippen LogP) is 2.80. The zero-order chi connectivity index (χ0) is 18.7. The summed E-state index contributed by atoms with van der Waals surface area (Å²) in [5, 5.41) is 15.3. The number of carboxylic acid groups (broad SMARTS) is 1. The average molecular weight is 382 g/mol. The average Bonchev–Trinajstić information content (AvgIpc) is 3.33. The maximum Gasteiger partial charge on any atom is 0.319 e. The molecule has 1 aromatic carbocycles. The number of urea groups is 1. The third-order valence-electron chi connectivity index (χ3n) is 4.90. The Morgan fingerprint density at radius 2 is 2.08 bits per heavy atom. The predicted molar refractivity (Wildman–Crippen MR) is 98.9 cm³/mol. The van der Waals surface area contributed by atoms with E-state index in [1.54, 1.807) is 18.2 Å². The van der Waals surface area contributed by atoms with Crippen LogP contribution in [-0.2, 0) is 4.79 Å². The second-order valence-corrected chi connectivity index (χ2v) is 7.47. The third-order valence-corrected chi connectivity index (χ3v) is 5.14. The van der Waals surface area contributed by atoms with E-state index in [-0.39, 0.29) is 24.7 Å². The largest absolute Gasteiger partial charge is 0.495 e. The van der Waals surface area contributed by atoms with Crippen LogP contribution in [0.2, 0.25) is 5.02 Å². The Bertz CT molecular complexity index is 674. The minimum absolute atomic E-state index is 0.0423. The molecular formula is C18H24ClN3O4. The van der Waals surface area contributed by atoms with Crippen LogP contribution in [0.5, 0.6) is 5.75 Å². The lowest BCUT2D eigenvalue weighted by atomic mass is 9.85. The number of amides is 2. The van der Waals surface area contributed by atoms with Gasteiger partial charge in [-0.15, -0.1) is 0 Å². The number of nitrogens with one attached hydrogen (secondary N) is 2. The summed E-state index contributed by atoms with van der Waals surface area (Å²) >= 11 is 5.96. The minimum atomic E-state index is -0.798. The van der Waals surface area contributed by atoms with Crippen molar-refractivity contribution in [1.29, 1.82) is 0 Å². The molecule has 2 saturated carbocycles. The number of carboxylic acids is 1. The summed E-state index contributed by atoms with van der Waals surface area (Å²) in [7, 11) is 1.53. The molecule has 0 unspecified atom stereocenters. The lowest BCUT2D eigenvalue weighted by molar-refractivity contribution is -0.139. The lowest BCUT2D eigenvalue weighted by Gasteiger charge is -2.42. The van der Waals surface area contributed by atoms with Gasteiger partial charge in [-0.05, 0) is 49.8 Å². The highest BCUT2D eigenvalue weighted by atomic mass is 35.5. The fourth-order valence-corrected chi connectivity index (χ4v) is 3.45. The van der Waals surface area contributed by atoms with E-state index >= 15 is 0 Å². The Morgan fingerprint density at radius 3 is 2.69 bits per heavy atom. The van der Waals surface area contributed by atoms with Crippen molar-refractivity contribution in [3.63, 3.8) is 0 Å². The molecule has 0 bridgehead atoms. The van der Waals surface area contributed by atoms with Crippen molar-refractivity contribution in [3.8, 4) is 5.75 Å². The Balaban J connectivity index is 1.48. The number of ether oxygens (including phenoxy) is 1. The van der Waals surface area contributed by atoms with Gasteiger partial charge in [-0.1, -0.05) is 11.6 Å². The molecule has 2 aliphatic carbocycles. The lowest BCUT2D eigenvalue weighted by Crippen LogP contribution is -2.55. The molecule has 142 valence electrons. The van der Waals surface area contributed by atoms with Gasteiger partial charge in [0.25, 0.3) is 0 Å². The van der Waals surface area contributed by atoms with E-state index in [2.05, 4.69) is 10.6 Å². The highest BCUT2D eigenvalue weighted by Crippen LogP contribution is 2.34. The van der Waals surface area contributed by atoms with Crippen LogP contribution < -0.4 is 15.4 Å². The molecule has 3 rings (SSSR count). The summed E-state index contributed by atoms with van der Waals surface area (Å²) in [6.45, 7) is 0.912. The molecule has 2 fully saturated rings. The monoisotopic (exact) mass is 381 g/mol. The highest BCUT2D eigenvalue weighted by molar-refractivity contribution is 6.31. The molecule has 26 heavy (non-hydrogen) atoms. The SMILES string of the molecule is COc1ccc(Cl)cc1NC(=O)NC1CC(N(CC(=O)O)CC2CC2)C1. The van der Waals surface area contributed by atoms with Crippen LogP contribution in [0.4, 0.5) is 10.5 Å². The molecule has 3 N–H and O–H groups in total. The number of hydrogen-bond donors (Lipinski definition) is 3. The van der Waals surface area contributed by atoms with Gasteiger partial charge in [0, 0.05) is 23.7 Å². The summed E-state index contributed by atoms with van der Waals surface area (Å²) < 4.78 is 5.21. The molecule has 2 aliphatic rings. The number of carbonyl (C=O) groups excluding carboxylic acids is 1. The Kier molecular flexibility index (Phi) is 5.88. The van der Waals surface area contributed by atoms with Crippen molar-refractivity contribution < 1.29 is 19.4 Å². The van der Waals surface area contributed by atoms with E-state index in [4.69, 9.17) is 21.4 Å². The van der Waals surface area contributed by atoms with Gasteiger partial charge in [0.1, 0.15) is 5.75 Å². The van der Waals surface area contributed by atoms with E-state index in [1.807, 2.05) is 4.90 Å². The summed E-state index contributed by atoms with van der Waals surface area (Å²) in [4.78, 5) is 25.3. The fraction of sp³-hybridized carbons (Fsp3) is 0.556. The molecule has 0 spiro atoms. The van der Waals surface area contributed by atoms with Crippen molar-refractivity contribution in [2.45, 2.75) is 37.8 Å². The fourth-order valence-electron chi connectivity index (χ4n) is 3.27. The summed E-state index contributed by atoms with van der Waals surface area (Å²) in [6, 6.07) is 4.96. The minimum Gasteiger partial charge on any atom is -0.495 e. The molecule has 2 amide bonds. The standard InChI is InChI=1S/C18H24ClN3O4/c1-26-16-5-4-12(19)6-15(16)21-18(25)20-13-7-14(8-13)22(10-17(23)24)9-11-2-3-11/h4-6,11,13-14H,2-3,7-10H2,1H3,(H,23,24)(H2,20,21,25). The number of halogens is 1. The summed E-state index contributed by atoms with van der Waals surface area (Å²) in [5.74, 6) is 0.376. The maximum atomic E-state index is 12.2. The summed E-state index contributed by atoms with van der Waals surface area (Å²) in [6.07, 6.45) is 3.91. The molecule has 0 atom stereocenters. The number of aliphatic carboxylic acids is 1. The van der Waals surface area contributed by atoms with E-state index in [9.17, 15) is 9.59 Å². The number of rotatable bonds is 8. The van der Waals surface area contributed by atoms with Gasteiger partial charge in [-0.2, -0.15) is 0 Å². The van der Waals surface area contributed by atoms with Crippen molar-refractivity contribution >= 4 is 29.3 Å². The molecule has 0 radical (unpaired) electrons. The van der Waals surface area contributed by atoms with Gasteiger partial charge in [-0.3, -0.25) is 9.69 Å². The second-order valence-electron chi connectivity index (χ2n) is 7.03. The van der Waals surface area contributed by atoms with Crippen LogP contribution in [0.3, 0.4) is 0 Å². The number of benzene rings is 1. The Morgan fingerprint density at radius 1 is 1.35 bits per heavy atom. The normalized spacial score (nSPS) is 21.8. The first-order valence-electron chi connectivity index (χ1n) is 8.81. The third kappa shape index (κ3) is 5.02. The van der Waals surface area contributed by atoms with E-state index in [0.29, 0.717) is 22.4 Å². The van der Waals surface area contributed by atoms with Crippen molar-refractivity contribution in [2.24, 2.45) is 5.92 Å². The van der Waals surface area contributed by atoms with Gasteiger partial charge < -0.3 is 20.5 Å². The smallest absolute Gasteiger partial charge is 0.319 e. The van der Waals surface area contributed by atoms with Crippen molar-refractivity contribution in [1.82, 2.24) is 10.2 Å². The molecule has 0 aromatic heterocycles. The van der Waals surface area contributed by atoms with Crippen LogP contribution in [0.25, 0.3) is 0 Å². The molecular weight excluding hydrogens is 358 g/mol. The van der Waals surface area contributed by atoms with Gasteiger partial charge >= 0.3 is 12.0 Å². The number of hydrogen-bond acceptors (Lipinski definition) is 4. The molecule has 0 aliphatic heterocycles. The van der Waals surface area contributed by atoms with E-state index in [1.165, 1.54) is 20.0 Å². The first-order valence-corrected chi connectivity index (χ1v) is 9.19. The Labute approximate surface area is 157 Å². The van der Waals surface area contributed by atoms with Gasteiger partial charge in [0.2, 0.25) is 0 Å². The number of methoxy groups -OCH3 is 1. The molecule has 0 saturated heterocycles. The van der Waals surface area contributed by atoms with Gasteiger partial charge in [0.05, 0.1) is 19.3 Å². The van der Waals surface area contributed by atoms with E-state index in [0.717, 1.165) is 19.4 Å². The topological polar surface area (TPSA) is 90.9 Å². The van der Waals surface area contributed by atoms with Crippen LogP contribution >= 0.6 is 11.6 Å². The first-order chi connectivity index (χ1) is 12.4. The summed E-state index contributed by atoms with van der Waals surface area (Å²) in [5.41, 5.74) is 0.509. The Hall–Kier alpha value is -1.99. The quantitative estimate of drug-likeness (QED) is 0.644. The molecule has 0 heterocycles. The van der Waals surface area contributed by atoms with Crippen LogP contribution in [0.15, 0.2) is 18.2 Å². The van der Waals surface area contributed by atoms with Crippen LogP contribution in [-0.4, -0.2) is 54.3 Å². The maximum absolute atomic E-state index is 12.2. The zero-order valence-electron chi connectivity index (χ0n) is 14.7. The highest BCUT2D eigenvalue weighted by Gasteiger charge is 2.37. The molecule has 7 nitrogen and oxygen atoms in total. The van der Waals surface area contributed by atoms with Crippen molar-refractivity contribution in [2.75, 3.05) is 25.5 Å². The number of nitrogens with zero attached hydrogens (tertiary/aromatic N) is 1. The number of carbonyl (C=O) groups is 2. The van der Waals surface area contributed by atoms with Gasteiger partial charge in [0.15, 0.2) is 0 Å². The van der Waals surface area contributed by atoms with Crippen LogP contribution in [0.1, 0.15) is 25.7 Å². The molecule has 1 aromatic rings. The number of anilines is 1. The van der Waals surface area contributed by atoms with Crippen molar-refractivity contribution in [3.05, 3.63) is 23.2 Å².